The van der Waals surface area contributed by atoms with Gasteiger partial charge < -0.3 is 10.5 Å². The summed E-state index contributed by atoms with van der Waals surface area (Å²) < 4.78 is 5.23. The van der Waals surface area contributed by atoms with Crippen molar-refractivity contribution < 1.29 is 4.74 Å². The Morgan fingerprint density at radius 2 is 2.55 bits per heavy atom. The van der Waals surface area contributed by atoms with Crippen molar-refractivity contribution in [1.29, 1.82) is 0 Å². The number of aromatic nitrogens is 2. The lowest BCUT2D eigenvalue weighted by atomic mass is 10.3. The van der Waals surface area contributed by atoms with E-state index in [2.05, 4.69) is 9.97 Å². The highest BCUT2D eigenvalue weighted by Gasteiger charge is 2.13. The normalized spacial score (nSPS) is 14.3. The lowest BCUT2D eigenvalue weighted by Gasteiger charge is -1.98. The summed E-state index contributed by atoms with van der Waals surface area (Å²) in [5, 5.41) is 0. The molecule has 2 rings (SSSR count). The van der Waals surface area contributed by atoms with Gasteiger partial charge in [0.25, 0.3) is 0 Å². The van der Waals surface area contributed by atoms with Crippen molar-refractivity contribution in [3.8, 4) is 5.88 Å². The topological polar surface area (TPSA) is 61.0 Å². The van der Waals surface area contributed by atoms with Crippen LogP contribution in [0.4, 0.5) is 0 Å². The first kappa shape index (κ1) is 6.54. The number of nitrogens with two attached hydrogens (primary N) is 1. The number of rotatable bonds is 1. The van der Waals surface area contributed by atoms with Gasteiger partial charge in [0.1, 0.15) is 5.82 Å². The molecule has 0 aromatic carbocycles. The maximum Gasteiger partial charge on any atom is 0.220 e. The summed E-state index contributed by atoms with van der Waals surface area (Å²) in [5.74, 6) is 1.35. The van der Waals surface area contributed by atoms with Crippen LogP contribution in [-0.2, 0) is 13.0 Å². The fourth-order valence-electron chi connectivity index (χ4n) is 1.08. The first-order valence-electron chi connectivity index (χ1n) is 3.58. The molecule has 0 fully saturated rings. The molecule has 1 aliphatic rings. The molecule has 0 atom stereocenters. The molecule has 0 unspecified atom stereocenters. The molecule has 1 aromatic rings. The standard InChI is InChI=1S/C7H9N3O/c8-3-6-9-4-5-1-2-11-7(5)10-6/h4H,1-3,8H2. The van der Waals surface area contributed by atoms with Gasteiger partial charge in [-0.2, -0.15) is 4.98 Å². The van der Waals surface area contributed by atoms with Gasteiger partial charge in [-0.25, -0.2) is 4.98 Å². The maximum atomic E-state index is 5.36. The van der Waals surface area contributed by atoms with Gasteiger partial charge in [-0.1, -0.05) is 0 Å². The van der Waals surface area contributed by atoms with Gasteiger partial charge >= 0.3 is 0 Å². The predicted molar refractivity (Wildman–Crippen MR) is 39.1 cm³/mol. The van der Waals surface area contributed by atoms with Crippen LogP contribution >= 0.6 is 0 Å². The van der Waals surface area contributed by atoms with E-state index in [1.54, 1.807) is 6.20 Å². The summed E-state index contributed by atoms with van der Waals surface area (Å²) in [6, 6.07) is 0. The van der Waals surface area contributed by atoms with Crippen LogP contribution in [0.1, 0.15) is 11.4 Å². The highest BCUT2D eigenvalue weighted by molar-refractivity contribution is 5.27. The molecule has 0 aliphatic carbocycles. The molecule has 0 amide bonds. The quantitative estimate of drug-likeness (QED) is 0.607. The van der Waals surface area contributed by atoms with E-state index >= 15 is 0 Å². The Labute approximate surface area is 64.4 Å². The second kappa shape index (κ2) is 2.47. The molecule has 1 aromatic heterocycles. The first-order chi connectivity index (χ1) is 5.40. The molecule has 4 heteroatoms. The minimum Gasteiger partial charge on any atom is -0.477 e. The average Bonchev–Trinajstić information content (AvgIpc) is 2.50. The van der Waals surface area contributed by atoms with Gasteiger partial charge in [-0.15, -0.1) is 0 Å². The van der Waals surface area contributed by atoms with Gasteiger partial charge in [0, 0.05) is 18.2 Å². The van der Waals surface area contributed by atoms with E-state index in [1.165, 1.54) is 0 Å². The van der Waals surface area contributed by atoms with Crippen molar-refractivity contribution in [2.75, 3.05) is 6.61 Å². The third-order valence-corrected chi connectivity index (χ3v) is 1.67. The molecule has 11 heavy (non-hydrogen) atoms. The van der Waals surface area contributed by atoms with Gasteiger partial charge in [-0.05, 0) is 0 Å². The van der Waals surface area contributed by atoms with Crippen LogP contribution in [0.25, 0.3) is 0 Å². The van der Waals surface area contributed by atoms with Gasteiger partial charge in [-0.3, -0.25) is 0 Å². The lowest BCUT2D eigenvalue weighted by Crippen LogP contribution is -2.03. The Hall–Kier alpha value is -1.16. The van der Waals surface area contributed by atoms with Crippen LogP contribution in [0.3, 0.4) is 0 Å². The fraction of sp³-hybridized carbons (Fsp3) is 0.429. The number of ether oxygens (including phenoxy) is 1. The maximum absolute atomic E-state index is 5.36. The van der Waals surface area contributed by atoms with Crippen molar-refractivity contribution in [2.24, 2.45) is 5.73 Å². The van der Waals surface area contributed by atoms with E-state index in [9.17, 15) is 0 Å². The summed E-state index contributed by atoms with van der Waals surface area (Å²) in [5.41, 5.74) is 6.45. The molecule has 2 N–H and O–H groups in total. The second-order valence-corrected chi connectivity index (χ2v) is 2.42. The predicted octanol–water partition coefficient (Wildman–Crippen LogP) is -0.130. The van der Waals surface area contributed by atoms with Gasteiger partial charge in [0.15, 0.2) is 0 Å². The largest absolute Gasteiger partial charge is 0.477 e. The van der Waals surface area contributed by atoms with Crippen LogP contribution in [0.2, 0.25) is 0 Å². The molecule has 0 saturated carbocycles. The third kappa shape index (κ3) is 1.05. The van der Waals surface area contributed by atoms with Crippen molar-refractivity contribution in [3.05, 3.63) is 17.6 Å². The summed E-state index contributed by atoms with van der Waals surface area (Å²) in [6.07, 6.45) is 2.71. The minimum absolute atomic E-state index is 0.372. The number of fused-ring (bicyclic) bond motifs is 1. The van der Waals surface area contributed by atoms with Gasteiger partial charge in [0.2, 0.25) is 5.88 Å². The Morgan fingerprint density at radius 3 is 3.36 bits per heavy atom. The van der Waals surface area contributed by atoms with E-state index < -0.39 is 0 Å². The fourth-order valence-corrected chi connectivity index (χ4v) is 1.08. The van der Waals surface area contributed by atoms with Crippen molar-refractivity contribution in [1.82, 2.24) is 9.97 Å². The van der Waals surface area contributed by atoms with E-state index in [0.717, 1.165) is 18.6 Å². The van der Waals surface area contributed by atoms with Crippen molar-refractivity contribution in [2.45, 2.75) is 13.0 Å². The van der Waals surface area contributed by atoms with E-state index in [-0.39, 0.29) is 0 Å². The summed E-state index contributed by atoms with van der Waals surface area (Å²) >= 11 is 0. The molecule has 0 radical (unpaired) electrons. The van der Waals surface area contributed by atoms with Crippen LogP contribution in [0, 0.1) is 0 Å². The Kier molecular flexibility index (Phi) is 1.47. The minimum atomic E-state index is 0.372. The summed E-state index contributed by atoms with van der Waals surface area (Å²) in [6.45, 7) is 1.09. The monoisotopic (exact) mass is 151 g/mol. The Balaban J connectivity index is 2.41. The zero-order valence-corrected chi connectivity index (χ0v) is 6.08. The molecule has 4 nitrogen and oxygen atoms in total. The molecular formula is C7H9N3O. The van der Waals surface area contributed by atoms with E-state index in [4.69, 9.17) is 10.5 Å². The van der Waals surface area contributed by atoms with Crippen molar-refractivity contribution in [3.63, 3.8) is 0 Å². The summed E-state index contributed by atoms with van der Waals surface area (Å²) in [7, 11) is 0. The van der Waals surface area contributed by atoms with Crippen LogP contribution in [0.15, 0.2) is 6.20 Å². The number of hydrogen-bond acceptors (Lipinski definition) is 4. The molecule has 0 bridgehead atoms. The van der Waals surface area contributed by atoms with E-state index in [1.807, 2.05) is 0 Å². The molecule has 0 saturated heterocycles. The molecule has 0 spiro atoms. The van der Waals surface area contributed by atoms with Gasteiger partial charge in [0.05, 0.1) is 13.2 Å². The van der Waals surface area contributed by atoms with E-state index in [0.29, 0.717) is 18.2 Å². The number of hydrogen-bond donors (Lipinski definition) is 1. The first-order valence-corrected chi connectivity index (χ1v) is 3.58. The molecule has 58 valence electrons. The molecule has 2 heterocycles. The Bertz CT molecular complexity index is 274. The number of nitrogens with zero attached hydrogens (tertiary/aromatic N) is 2. The van der Waals surface area contributed by atoms with Crippen LogP contribution in [-0.4, -0.2) is 16.6 Å². The zero-order valence-electron chi connectivity index (χ0n) is 6.08. The molecular weight excluding hydrogens is 142 g/mol. The van der Waals surface area contributed by atoms with Crippen LogP contribution in [0.5, 0.6) is 5.88 Å². The van der Waals surface area contributed by atoms with Crippen LogP contribution < -0.4 is 10.5 Å². The smallest absolute Gasteiger partial charge is 0.220 e. The summed E-state index contributed by atoms with van der Waals surface area (Å²) in [4.78, 5) is 8.17. The molecule has 1 aliphatic heterocycles. The Morgan fingerprint density at radius 1 is 1.64 bits per heavy atom. The highest BCUT2D eigenvalue weighted by atomic mass is 16.5. The SMILES string of the molecule is NCc1ncc2c(n1)OCC2. The highest BCUT2D eigenvalue weighted by Crippen LogP contribution is 2.20. The zero-order chi connectivity index (χ0) is 7.68. The second-order valence-electron chi connectivity index (χ2n) is 2.42. The third-order valence-electron chi connectivity index (χ3n) is 1.67. The lowest BCUT2D eigenvalue weighted by molar-refractivity contribution is 0.343. The van der Waals surface area contributed by atoms with Crippen molar-refractivity contribution >= 4 is 0 Å². The average molecular weight is 151 g/mol.